The van der Waals surface area contributed by atoms with Crippen molar-refractivity contribution in [3.05, 3.63) is 53.7 Å². The van der Waals surface area contributed by atoms with Gasteiger partial charge in [0.05, 0.1) is 16.6 Å². The summed E-state index contributed by atoms with van der Waals surface area (Å²) in [5, 5.41) is 3.60. The fourth-order valence-electron chi connectivity index (χ4n) is 2.79. The summed E-state index contributed by atoms with van der Waals surface area (Å²) >= 11 is 0. The third-order valence-corrected chi connectivity index (χ3v) is 3.83. The molecule has 0 saturated carbocycles. The summed E-state index contributed by atoms with van der Waals surface area (Å²) in [6.45, 7) is 1.96. The van der Waals surface area contributed by atoms with Crippen molar-refractivity contribution in [1.82, 2.24) is 19.7 Å². The van der Waals surface area contributed by atoms with Gasteiger partial charge in [0.2, 0.25) is 0 Å². The number of fused-ring (bicyclic) bond motifs is 5. The van der Waals surface area contributed by atoms with E-state index >= 15 is 0 Å². The van der Waals surface area contributed by atoms with Crippen molar-refractivity contribution in [3.63, 3.8) is 0 Å². The fraction of sp³-hybridized carbons (Fsp3) is 0.118. The van der Waals surface area contributed by atoms with E-state index in [-0.39, 0.29) is 5.91 Å². The molecule has 5 heteroatoms. The first-order chi connectivity index (χ1) is 10.7. The second-order valence-corrected chi connectivity index (χ2v) is 5.26. The molecule has 0 aliphatic carbocycles. The molecule has 1 N–H and O–H groups in total. The highest BCUT2D eigenvalue weighted by atomic mass is 16.1. The minimum absolute atomic E-state index is 0.150. The van der Waals surface area contributed by atoms with E-state index in [0.29, 0.717) is 11.2 Å². The highest BCUT2D eigenvalue weighted by Gasteiger charge is 2.17. The zero-order valence-corrected chi connectivity index (χ0v) is 12.3. The van der Waals surface area contributed by atoms with Crippen LogP contribution in [-0.2, 0) is 0 Å². The molecule has 4 aromatic rings. The Morgan fingerprint density at radius 2 is 1.91 bits per heavy atom. The van der Waals surface area contributed by atoms with Crippen LogP contribution in [0.3, 0.4) is 0 Å². The first kappa shape index (κ1) is 12.8. The molecule has 0 aliphatic heterocycles. The molecule has 22 heavy (non-hydrogen) atoms. The maximum Gasteiger partial charge on any atom is 0.254 e. The number of hydrogen-bond donors (Lipinski definition) is 1. The van der Waals surface area contributed by atoms with Crippen molar-refractivity contribution in [1.29, 1.82) is 0 Å². The number of benzene rings is 1. The molecule has 108 valence electrons. The molecule has 3 heterocycles. The summed E-state index contributed by atoms with van der Waals surface area (Å²) in [6, 6.07) is 13.6. The van der Waals surface area contributed by atoms with Gasteiger partial charge in [-0.3, -0.25) is 9.20 Å². The van der Waals surface area contributed by atoms with E-state index in [9.17, 15) is 4.79 Å². The second-order valence-electron chi connectivity index (χ2n) is 5.26. The lowest BCUT2D eigenvalue weighted by molar-refractivity contribution is 0.0964. The summed E-state index contributed by atoms with van der Waals surface area (Å²) in [4.78, 5) is 21.5. The number of hydrogen-bond acceptors (Lipinski definition) is 3. The minimum Gasteiger partial charge on any atom is -0.355 e. The normalized spacial score (nSPS) is 11.4. The van der Waals surface area contributed by atoms with E-state index < -0.39 is 0 Å². The first-order valence-corrected chi connectivity index (χ1v) is 7.08. The molecule has 3 aromatic heterocycles. The molecule has 5 nitrogen and oxygen atoms in total. The Bertz CT molecular complexity index is 1050. The third-order valence-electron chi connectivity index (χ3n) is 3.83. The Balaban J connectivity index is 2.30. The number of nitrogens with zero attached hydrogens (tertiary/aromatic N) is 3. The maximum atomic E-state index is 12.2. The highest BCUT2D eigenvalue weighted by Crippen LogP contribution is 2.25. The number of amides is 1. The van der Waals surface area contributed by atoms with Gasteiger partial charge in [-0.1, -0.05) is 12.1 Å². The maximum absolute atomic E-state index is 12.2. The topological polar surface area (TPSA) is 59.3 Å². The number of carbonyl (C=O) groups is 1. The Kier molecular flexibility index (Phi) is 2.63. The minimum atomic E-state index is -0.150. The summed E-state index contributed by atoms with van der Waals surface area (Å²) in [6.07, 6.45) is 0. The van der Waals surface area contributed by atoms with Crippen molar-refractivity contribution < 1.29 is 4.79 Å². The van der Waals surface area contributed by atoms with E-state index in [1.54, 1.807) is 7.05 Å². The third kappa shape index (κ3) is 1.69. The SMILES string of the molecule is CNC(=O)c1cc2ccc(C)nc2n2c1nc1ccccc12. The average Bonchev–Trinajstić information content (AvgIpc) is 2.93. The van der Waals surface area contributed by atoms with E-state index in [2.05, 4.69) is 15.3 Å². The van der Waals surface area contributed by atoms with Crippen molar-refractivity contribution >= 4 is 33.6 Å². The molecule has 4 rings (SSSR count). The Labute approximate surface area is 126 Å². The van der Waals surface area contributed by atoms with Crippen LogP contribution in [0, 0.1) is 6.92 Å². The van der Waals surface area contributed by atoms with Gasteiger partial charge in [0.25, 0.3) is 5.91 Å². The highest BCUT2D eigenvalue weighted by molar-refractivity contribution is 6.05. The van der Waals surface area contributed by atoms with Crippen LogP contribution in [0.25, 0.3) is 27.7 Å². The van der Waals surface area contributed by atoms with Crippen LogP contribution in [0.2, 0.25) is 0 Å². The lowest BCUT2D eigenvalue weighted by Gasteiger charge is -2.08. The smallest absolute Gasteiger partial charge is 0.254 e. The summed E-state index contributed by atoms with van der Waals surface area (Å²) in [7, 11) is 1.62. The molecule has 0 saturated heterocycles. The van der Waals surface area contributed by atoms with Crippen LogP contribution < -0.4 is 5.32 Å². The zero-order chi connectivity index (χ0) is 15.3. The number of pyridine rings is 2. The summed E-state index contributed by atoms with van der Waals surface area (Å²) in [5.41, 5.74) is 4.73. The van der Waals surface area contributed by atoms with Crippen LogP contribution in [0.4, 0.5) is 0 Å². The number of carbonyl (C=O) groups excluding carboxylic acids is 1. The molecular formula is C17H14N4O. The van der Waals surface area contributed by atoms with Crippen LogP contribution in [0.1, 0.15) is 16.1 Å². The van der Waals surface area contributed by atoms with Crippen molar-refractivity contribution in [2.45, 2.75) is 6.92 Å². The van der Waals surface area contributed by atoms with Gasteiger partial charge in [0.1, 0.15) is 5.65 Å². The van der Waals surface area contributed by atoms with E-state index in [0.717, 1.165) is 27.8 Å². The van der Waals surface area contributed by atoms with Crippen molar-refractivity contribution in [3.8, 4) is 0 Å². The van der Waals surface area contributed by atoms with Crippen LogP contribution in [0.5, 0.6) is 0 Å². The molecule has 0 radical (unpaired) electrons. The number of imidazole rings is 1. The molecular weight excluding hydrogens is 276 g/mol. The first-order valence-electron chi connectivity index (χ1n) is 7.08. The lowest BCUT2D eigenvalue weighted by Crippen LogP contribution is -2.19. The number of rotatable bonds is 1. The number of aromatic nitrogens is 3. The Morgan fingerprint density at radius 3 is 2.73 bits per heavy atom. The van der Waals surface area contributed by atoms with Crippen molar-refractivity contribution in [2.75, 3.05) is 7.05 Å². The quantitative estimate of drug-likeness (QED) is 0.586. The molecule has 0 aliphatic rings. The molecule has 0 atom stereocenters. The van der Waals surface area contributed by atoms with Gasteiger partial charge in [-0.25, -0.2) is 9.97 Å². The van der Waals surface area contributed by atoms with Gasteiger partial charge in [-0.15, -0.1) is 0 Å². The van der Waals surface area contributed by atoms with Gasteiger partial charge in [0, 0.05) is 18.1 Å². The number of para-hydroxylation sites is 2. The average molecular weight is 290 g/mol. The Hall–Kier alpha value is -2.95. The monoisotopic (exact) mass is 290 g/mol. The predicted octanol–water partition coefficient (Wildman–Crippen LogP) is 2.70. The summed E-state index contributed by atoms with van der Waals surface area (Å²) in [5.74, 6) is -0.150. The molecule has 0 fully saturated rings. The van der Waals surface area contributed by atoms with Gasteiger partial charge in [-0.2, -0.15) is 0 Å². The fourth-order valence-corrected chi connectivity index (χ4v) is 2.79. The molecule has 0 bridgehead atoms. The molecule has 0 spiro atoms. The van der Waals surface area contributed by atoms with Gasteiger partial charge in [0.15, 0.2) is 5.65 Å². The van der Waals surface area contributed by atoms with Crippen molar-refractivity contribution in [2.24, 2.45) is 0 Å². The number of nitrogens with one attached hydrogen (secondary N) is 1. The van der Waals surface area contributed by atoms with Gasteiger partial charge >= 0.3 is 0 Å². The number of aryl methyl sites for hydroxylation is 1. The largest absolute Gasteiger partial charge is 0.355 e. The second kappa shape index (κ2) is 4.53. The van der Waals surface area contributed by atoms with Crippen LogP contribution in [-0.4, -0.2) is 27.3 Å². The molecule has 1 aromatic carbocycles. The predicted molar refractivity (Wildman–Crippen MR) is 86.1 cm³/mol. The van der Waals surface area contributed by atoms with Crippen LogP contribution in [0.15, 0.2) is 42.5 Å². The van der Waals surface area contributed by atoms with E-state index in [4.69, 9.17) is 0 Å². The van der Waals surface area contributed by atoms with Gasteiger partial charge in [-0.05, 0) is 37.3 Å². The molecule has 0 unspecified atom stereocenters. The Morgan fingerprint density at radius 1 is 1.09 bits per heavy atom. The van der Waals surface area contributed by atoms with E-state index in [1.165, 1.54) is 0 Å². The summed E-state index contributed by atoms with van der Waals surface area (Å²) < 4.78 is 1.96. The zero-order valence-electron chi connectivity index (χ0n) is 12.3. The van der Waals surface area contributed by atoms with Crippen LogP contribution >= 0.6 is 0 Å². The standard InChI is InChI=1S/C17H14N4O/c1-10-7-8-11-9-12(17(22)18-2)16-20-13-5-3-4-6-14(13)21(16)15(11)19-10/h3-9H,1-2H3,(H,18,22). The van der Waals surface area contributed by atoms with E-state index in [1.807, 2.05) is 53.8 Å². The molecule has 1 amide bonds. The lowest BCUT2D eigenvalue weighted by atomic mass is 10.1. The van der Waals surface area contributed by atoms with Gasteiger partial charge < -0.3 is 5.32 Å².